The molecule has 11 nitrogen and oxygen atoms in total. The summed E-state index contributed by atoms with van der Waals surface area (Å²) in [6.45, 7) is 4.59. The first-order valence-corrected chi connectivity index (χ1v) is 14.6. The molecule has 0 atom stereocenters. The summed E-state index contributed by atoms with van der Waals surface area (Å²) in [5, 5.41) is 7.13. The van der Waals surface area contributed by atoms with Gasteiger partial charge in [-0.25, -0.2) is 13.8 Å². The Morgan fingerprint density at radius 2 is 1.76 bits per heavy atom. The number of carbonyl (C=O) groups is 3. The van der Waals surface area contributed by atoms with E-state index in [2.05, 4.69) is 15.4 Å². The Morgan fingerprint density at radius 1 is 1.04 bits per heavy atom. The van der Waals surface area contributed by atoms with Gasteiger partial charge in [0.15, 0.2) is 17.5 Å². The Labute approximate surface area is 263 Å². The van der Waals surface area contributed by atoms with Crippen LogP contribution in [0.3, 0.4) is 0 Å². The molecule has 0 spiro atoms. The maximum Gasteiger partial charge on any atom is 0.291 e. The van der Waals surface area contributed by atoms with Gasteiger partial charge in [0.25, 0.3) is 11.8 Å². The first kappa shape index (κ1) is 31.8. The van der Waals surface area contributed by atoms with Crippen molar-refractivity contribution in [2.24, 2.45) is 7.05 Å². The van der Waals surface area contributed by atoms with Crippen LogP contribution < -0.4 is 5.32 Å². The predicted molar refractivity (Wildman–Crippen MR) is 164 cm³/mol. The summed E-state index contributed by atoms with van der Waals surface area (Å²) in [5.74, 6) is -3.05. The van der Waals surface area contributed by atoms with E-state index in [-0.39, 0.29) is 39.1 Å². The first-order valence-electron chi connectivity index (χ1n) is 14.3. The fourth-order valence-electron chi connectivity index (χ4n) is 5.28. The zero-order chi connectivity index (χ0) is 32.2. The molecule has 236 valence electrons. The van der Waals surface area contributed by atoms with Crippen molar-refractivity contribution in [3.63, 3.8) is 0 Å². The van der Waals surface area contributed by atoms with Crippen LogP contribution in [0.5, 0.6) is 0 Å². The normalized spacial score (nSPS) is 13.3. The highest BCUT2D eigenvalue weighted by molar-refractivity contribution is 6.34. The van der Waals surface area contributed by atoms with Crippen molar-refractivity contribution >= 4 is 35.5 Å². The van der Waals surface area contributed by atoms with Gasteiger partial charge >= 0.3 is 0 Å². The molecule has 1 N–H and O–H groups in total. The van der Waals surface area contributed by atoms with Crippen molar-refractivity contribution in [2.45, 2.75) is 19.9 Å². The van der Waals surface area contributed by atoms with Gasteiger partial charge in [-0.1, -0.05) is 17.7 Å². The van der Waals surface area contributed by atoms with Crippen molar-refractivity contribution in [1.29, 1.82) is 0 Å². The number of imidazole rings is 1. The lowest BCUT2D eigenvalue weighted by Crippen LogP contribution is -2.48. The molecule has 45 heavy (non-hydrogen) atoms. The highest BCUT2D eigenvalue weighted by Crippen LogP contribution is 2.33. The van der Waals surface area contributed by atoms with Crippen LogP contribution in [0.1, 0.15) is 33.1 Å². The second-order valence-electron chi connectivity index (χ2n) is 10.6. The number of amides is 3. The zero-order valence-electron chi connectivity index (χ0n) is 25.0. The molecule has 3 heterocycles. The van der Waals surface area contributed by atoms with Gasteiger partial charge in [-0.2, -0.15) is 5.10 Å². The molecular weight excluding hydrogens is 608 g/mol. The molecule has 2 aromatic carbocycles. The van der Waals surface area contributed by atoms with Crippen LogP contribution in [0.25, 0.3) is 22.4 Å². The van der Waals surface area contributed by atoms with E-state index in [1.807, 2.05) is 0 Å². The number of aromatic nitrogens is 4. The Kier molecular flexibility index (Phi) is 9.59. The maximum atomic E-state index is 15.5. The lowest BCUT2D eigenvalue weighted by atomic mass is 10.0. The molecule has 2 aromatic heterocycles. The Bertz CT molecular complexity index is 1750. The highest BCUT2D eigenvalue weighted by Gasteiger charge is 2.25. The number of aryl methyl sites for hydroxylation is 1. The van der Waals surface area contributed by atoms with E-state index < -0.39 is 17.5 Å². The molecule has 1 saturated heterocycles. The third kappa shape index (κ3) is 6.45. The number of ether oxygens (including phenoxy) is 1. The molecule has 1 fully saturated rings. The number of nitrogens with one attached hydrogen (secondary N) is 1. The number of hydrogen-bond acceptors (Lipinski definition) is 6. The third-order valence-corrected chi connectivity index (χ3v) is 8.18. The van der Waals surface area contributed by atoms with E-state index in [4.69, 9.17) is 16.3 Å². The smallest absolute Gasteiger partial charge is 0.291 e. The fourth-order valence-corrected chi connectivity index (χ4v) is 5.54. The van der Waals surface area contributed by atoms with E-state index in [0.717, 1.165) is 12.8 Å². The van der Waals surface area contributed by atoms with Gasteiger partial charge in [-0.3, -0.25) is 19.1 Å². The summed E-state index contributed by atoms with van der Waals surface area (Å²) in [6.07, 6.45) is 4.29. The van der Waals surface area contributed by atoms with Crippen molar-refractivity contribution in [3.05, 3.63) is 76.5 Å². The molecule has 0 bridgehead atoms. The number of rotatable bonds is 10. The lowest BCUT2D eigenvalue weighted by Gasteiger charge is -2.32. The minimum absolute atomic E-state index is 0.0496. The van der Waals surface area contributed by atoms with Crippen LogP contribution in [0.15, 0.2) is 42.7 Å². The highest BCUT2D eigenvalue weighted by atomic mass is 35.5. The standard InChI is InChI=1S/C31H32ClF2N7O4/c1-19-24(16-36-41(19)9-4-14-45-3)21-7-8-23(28(34)27(21)33)26-17-35-29(38(26)2)30(43)37-20-5-6-22(25(32)15-20)31(44)40-12-10-39(18-42)11-13-40/h5-8,15-18H,4,9-14H2,1-3H3,(H,37,43). The lowest BCUT2D eigenvalue weighted by molar-refractivity contribution is -0.119. The molecule has 4 aromatic rings. The minimum atomic E-state index is -1.08. The van der Waals surface area contributed by atoms with Gasteiger partial charge < -0.3 is 24.4 Å². The Balaban J connectivity index is 1.31. The molecular formula is C31H32ClF2N7O4. The van der Waals surface area contributed by atoms with Gasteiger partial charge in [-0.15, -0.1) is 0 Å². The van der Waals surface area contributed by atoms with Gasteiger partial charge in [0.1, 0.15) is 0 Å². The third-order valence-electron chi connectivity index (χ3n) is 7.87. The molecule has 14 heteroatoms. The van der Waals surface area contributed by atoms with Crippen molar-refractivity contribution in [1.82, 2.24) is 29.1 Å². The zero-order valence-corrected chi connectivity index (χ0v) is 25.8. The SMILES string of the molecule is COCCCn1ncc(-c2ccc(-c3cnc(C(=O)Nc4ccc(C(=O)N5CCN(C=O)CC5)c(Cl)c4)n3C)c(F)c2F)c1C. The van der Waals surface area contributed by atoms with Crippen molar-refractivity contribution in [2.75, 3.05) is 45.2 Å². The molecule has 0 unspecified atom stereocenters. The molecule has 1 aliphatic heterocycles. The molecule has 3 amide bonds. The van der Waals surface area contributed by atoms with Crippen molar-refractivity contribution < 1.29 is 27.9 Å². The van der Waals surface area contributed by atoms with Crippen LogP contribution in [0.2, 0.25) is 5.02 Å². The van der Waals surface area contributed by atoms with Crippen LogP contribution >= 0.6 is 11.6 Å². The summed E-state index contributed by atoms with van der Waals surface area (Å²) < 4.78 is 39.0. The second kappa shape index (κ2) is 13.6. The number of anilines is 1. The average Bonchev–Trinajstić information content (AvgIpc) is 3.60. The van der Waals surface area contributed by atoms with Gasteiger partial charge in [0.05, 0.1) is 28.7 Å². The molecule has 1 aliphatic rings. The number of methoxy groups -OCH3 is 1. The topological polar surface area (TPSA) is 115 Å². The van der Waals surface area contributed by atoms with E-state index >= 15 is 8.78 Å². The van der Waals surface area contributed by atoms with Gasteiger partial charge in [-0.05, 0) is 37.6 Å². The van der Waals surface area contributed by atoms with Gasteiger partial charge in [0, 0.05) is 81.6 Å². The first-order chi connectivity index (χ1) is 21.6. The van der Waals surface area contributed by atoms with E-state index in [9.17, 15) is 14.4 Å². The summed E-state index contributed by atoms with van der Waals surface area (Å²) in [7, 11) is 3.14. The van der Waals surface area contributed by atoms with Crippen LogP contribution in [-0.2, 0) is 23.1 Å². The summed E-state index contributed by atoms with van der Waals surface area (Å²) in [6, 6.07) is 7.44. The summed E-state index contributed by atoms with van der Waals surface area (Å²) >= 11 is 6.40. The Morgan fingerprint density at radius 3 is 2.44 bits per heavy atom. The maximum absolute atomic E-state index is 15.5. The quantitative estimate of drug-likeness (QED) is 0.203. The van der Waals surface area contributed by atoms with E-state index in [1.54, 1.807) is 28.5 Å². The Hall–Kier alpha value is -4.62. The number of benzene rings is 2. The van der Waals surface area contributed by atoms with Gasteiger partial charge in [0.2, 0.25) is 6.41 Å². The summed E-state index contributed by atoms with van der Waals surface area (Å²) in [4.78, 5) is 44.3. The minimum Gasteiger partial charge on any atom is -0.385 e. The van der Waals surface area contributed by atoms with Crippen LogP contribution in [-0.4, -0.2) is 87.3 Å². The van der Waals surface area contributed by atoms with E-state index in [1.165, 1.54) is 54.3 Å². The van der Waals surface area contributed by atoms with Crippen LogP contribution in [0, 0.1) is 18.6 Å². The fraction of sp³-hybridized carbons (Fsp3) is 0.323. The number of halogens is 3. The molecule has 5 rings (SSSR count). The molecule has 0 aliphatic carbocycles. The monoisotopic (exact) mass is 639 g/mol. The summed E-state index contributed by atoms with van der Waals surface area (Å²) in [5.41, 5.74) is 1.98. The number of hydrogen-bond donors (Lipinski definition) is 1. The largest absolute Gasteiger partial charge is 0.385 e. The number of nitrogens with zero attached hydrogens (tertiary/aromatic N) is 6. The molecule has 0 saturated carbocycles. The average molecular weight is 640 g/mol. The second-order valence-corrected chi connectivity index (χ2v) is 11.0. The molecule has 0 radical (unpaired) electrons. The van der Waals surface area contributed by atoms with Crippen LogP contribution in [0.4, 0.5) is 14.5 Å². The predicted octanol–water partition coefficient (Wildman–Crippen LogP) is 4.39. The number of piperazine rings is 1. The van der Waals surface area contributed by atoms with E-state index in [0.29, 0.717) is 56.3 Å². The van der Waals surface area contributed by atoms with Crippen molar-refractivity contribution in [3.8, 4) is 22.4 Å². The number of carbonyl (C=O) groups excluding carboxylic acids is 3.